The third kappa shape index (κ3) is 5.26. The number of anilines is 2. The van der Waals surface area contributed by atoms with E-state index in [0.717, 1.165) is 5.56 Å². The first-order valence-electron chi connectivity index (χ1n) is 8.84. The predicted octanol–water partition coefficient (Wildman–Crippen LogP) is 3.41. The number of benzene rings is 1. The fourth-order valence-corrected chi connectivity index (χ4v) is 3.28. The van der Waals surface area contributed by atoms with Gasteiger partial charge in [-0.3, -0.25) is 14.4 Å². The largest absolute Gasteiger partial charge is 0.332 e. The summed E-state index contributed by atoms with van der Waals surface area (Å²) in [6.45, 7) is 1.75. The lowest BCUT2D eigenvalue weighted by Gasteiger charge is -2.19. The van der Waals surface area contributed by atoms with Gasteiger partial charge in [-0.15, -0.1) is 0 Å². The third-order valence-corrected chi connectivity index (χ3v) is 4.78. The van der Waals surface area contributed by atoms with Crippen molar-refractivity contribution in [3.05, 3.63) is 76.1 Å². The number of pyridine rings is 1. The van der Waals surface area contributed by atoms with Crippen molar-refractivity contribution in [3.8, 4) is 0 Å². The zero-order valence-corrected chi connectivity index (χ0v) is 16.8. The van der Waals surface area contributed by atoms with Gasteiger partial charge in [0.2, 0.25) is 5.91 Å². The number of nitrogens with zero attached hydrogens (tertiary/aromatic N) is 2. The highest BCUT2D eigenvalue weighted by Crippen LogP contribution is 2.19. The average molecular weight is 408 g/mol. The molecular formula is C21H20N4O3S. The number of amides is 3. The zero-order chi connectivity index (χ0) is 20.8. The second-order valence-electron chi connectivity index (χ2n) is 6.44. The molecule has 0 fully saturated rings. The highest BCUT2D eigenvalue weighted by Gasteiger charge is 2.19. The first-order chi connectivity index (χ1) is 13.9. The maximum atomic E-state index is 12.9. The molecule has 0 saturated heterocycles. The number of aromatic nitrogens is 1. The molecule has 29 heavy (non-hydrogen) atoms. The summed E-state index contributed by atoms with van der Waals surface area (Å²) >= 11 is 1.42. The molecule has 2 aromatic heterocycles. The molecule has 0 saturated carbocycles. The molecule has 8 heteroatoms. The normalized spacial score (nSPS) is 10.3. The van der Waals surface area contributed by atoms with Crippen LogP contribution in [0.2, 0.25) is 0 Å². The van der Waals surface area contributed by atoms with Gasteiger partial charge < -0.3 is 15.5 Å². The van der Waals surface area contributed by atoms with E-state index in [0.29, 0.717) is 22.6 Å². The Morgan fingerprint density at radius 3 is 2.62 bits per heavy atom. The van der Waals surface area contributed by atoms with Crippen LogP contribution in [0.25, 0.3) is 0 Å². The molecule has 3 aromatic rings. The Kier molecular flexibility index (Phi) is 6.36. The van der Waals surface area contributed by atoms with Crippen LogP contribution in [0.1, 0.15) is 26.3 Å². The summed E-state index contributed by atoms with van der Waals surface area (Å²) in [6.07, 6.45) is 1.60. The number of aryl methyl sites for hydroxylation is 1. The molecule has 0 aliphatic carbocycles. The summed E-state index contributed by atoms with van der Waals surface area (Å²) in [4.78, 5) is 42.8. The number of para-hydroxylation sites is 1. The topological polar surface area (TPSA) is 91.4 Å². The van der Waals surface area contributed by atoms with Crippen LogP contribution in [-0.2, 0) is 4.79 Å². The van der Waals surface area contributed by atoms with Gasteiger partial charge in [-0.25, -0.2) is 4.98 Å². The lowest BCUT2D eigenvalue weighted by atomic mass is 10.1. The Bertz CT molecular complexity index is 1030. The second kappa shape index (κ2) is 9.11. The number of carbonyl (C=O) groups is 3. The van der Waals surface area contributed by atoms with Crippen molar-refractivity contribution >= 4 is 40.6 Å². The summed E-state index contributed by atoms with van der Waals surface area (Å²) in [5.41, 5.74) is 2.19. The quantitative estimate of drug-likeness (QED) is 0.654. The standard InChI is InChI=1S/C21H20N4O3S/c1-14-7-9-22-18(11-14)24-19(26)12-25(2)21(28)16-5-3-4-6-17(16)23-20(27)15-8-10-29-13-15/h3-11,13H,12H2,1-2H3,(H,23,27)(H,22,24,26). The van der Waals surface area contributed by atoms with Gasteiger partial charge in [-0.05, 0) is 48.2 Å². The molecule has 1 aromatic carbocycles. The van der Waals surface area contributed by atoms with Crippen molar-refractivity contribution in [1.82, 2.24) is 9.88 Å². The van der Waals surface area contributed by atoms with Gasteiger partial charge in [-0.1, -0.05) is 12.1 Å². The number of hydrogen-bond donors (Lipinski definition) is 2. The fourth-order valence-electron chi connectivity index (χ4n) is 2.65. The minimum Gasteiger partial charge on any atom is -0.332 e. The number of carbonyl (C=O) groups excluding carboxylic acids is 3. The lowest BCUT2D eigenvalue weighted by Crippen LogP contribution is -2.35. The lowest BCUT2D eigenvalue weighted by molar-refractivity contribution is -0.116. The van der Waals surface area contributed by atoms with E-state index < -0.39 is 0 Å². The van der Waals surface area contributed by atoms with Crippen molar-refractivity contribution in [2.45, 2.75) is 6.92 Å². The smallest absolute Gasteiger partial charge is 0.256 e. The number of thiophene rings is 1. The van der Waals surface area contributed by atoms with Crippen molar-refractivity contribution in [2.75, 3.05) is 24.2 Å². The number of hydrogen-bond acceptors (Lipinski definition) is 5. The molecule has 0 spiro atoms. The van der Waals surface area contributed by atoms with Crippen molar-refractivity contribution in [3.63, 3.8) is 0 Å². The van der Waals surface area contributed by atoms with E-state index >= 15 is 0 Å². The van der Waals surface area contributed by atoms with E-state index in [4.69, 9.17) is 0 Å². The number of nitrogens with one attached hydrogen (secondary N) is 2. The van der Waals surface area contributed by atoms with Gasteiger partial charge in [0.25, 0.3) is 11.8 Å². The Balaban J connectivity index is 1.67. The van der Waals surface area contributed by atoms with Crippen LogP contribution in [0.3, 0.4) is 0 Å². The Hall–Kier alpha value is -3.52. The highest BCUT2D eigenvalue weighted by molar-refractivity contribution is 7.08. The molecule has 3 amide bonds. The molecule has 2 N–H and O–H groups in total. The van der Waals surface area contributed by atoms with E-state index in [1.54, 1.807) is 53.4 Å². The highest BCUT2D eigenvalue weighted by atomic mass is 32.1. The minimum absolute atomic E-state index is 0.152. The van der Waals surface area contributed by atoms with Crippen LogP contribution in [0, 0.1) is 6.92 Å². The van der Waals surface area contributed by atoms with Gasteiger partial charge in [0.05, 0.1) is 23.4 Å². The van der Waals surface area contributed by atoms with E-state index in [2.05, 4.69) is 15.6 Å². The Morgan fingerprint density at radius 2 is 1.90 bits per heavy atom. The second-order valence-corrected chi connectivity index (χ2v) is 7.22. The molecule has 0 aliphatic rings. The van der Waals surface area contributed by atoms with Crippen molar-refractivity contribution in [1.29, 1.82) is 0 Å². The van der Waals surface area contributed by atoms with Crippen molar-refractivity contribution in [2.24, 2.45) is 0 Å². The molecule has 0 radical (unpaired) electrons. The first-order valence-corrected chi connectivity index (χ1v) is 9.79. The van der Waals surface area contributed by atoms with Crippen LogP contribution >= 0.6 is 11.3 Å². The van der Waals surface area contributed by atoms with Gasteiger partial charge in [-0.2, -0.15) is 11.3 Å². The summed E-state index contributed by atoms with van der Waals surface area (Å²) in [5.74, 6) is -0.603. The Morgan fingerprint density at radius 1 is 1.10 bits per heavy atom. The predicted molar refractivity (Wildman–Crippen MR) is 113 cm³/mol. The van der Waals surface area contributed by atoms with E-state index in [9.17, 15) is 14.4 Å². The molecule has 0 unspecified atom stereocenters. The first kappa shape index (κ1) is 20.2. The molecule has 0 bridgehead atoms. The summed E-state index contributed by atoms with van der Waals surface area (Å²) in [5, 5.41) is 8.97. The van der Waals surface area contributed by atoms with Gasteiger partial charge in [0, 0.05) is 18.6 Å². The summed E-state index contributed by atoms with van der Waals surface area (Å²) in [6, 6.07) is 12.0. The summed E-state index contributed by atoms with van der Waals surface area (Å²) < 4.78 is 0. The van der Waals surface area contributed by atoms with Gasteiger partial charge >= 0.3 is 0 Å². The maximum Gasteiger partial charge on any atom is 0.256 e. The SMILES string of the molecule is Cc1ccnc(NC(=O)CN(C)C(=O)c2ccccc2NC(=O)c2ccsc2)c1. The average Bonchev–Trinajstić information content (AvgIpc) is 3.22. The Labute approximate surface area is 172 Å². The molecule has 0 atom stereocenters. The third-order valence-electron chi connectivity index (χ3n) is 4.10. The molecule has 0 aliphatic heterocycles. The summed E-state index contributed by atoms with van der Waals surface area (Å²) in [7, 11) is 1.53. The van der Waals surface area contributed by atoms with Crippen LogP contribution in [0.5, 0.6) is 0 Å². The number of likely N-dealkylation sites (N-methyl/N-ethyl adjacent to an activating group) is 1. The molecule has 148 valence electrons. The number of rotatable bonds is 6. The van der Waals surface area contributed by atoms with Crippen LogP contribution in [0.4, 0.5) is 11.5 Å². The van der Waals surface area contributed by atoms with E-state index in [1.807, 2.05) is 13.0 Å². The van der Waals surface area contributed by atoms with Gasteiger partial charge in [0.1, 0.15) is 5.82 Å². The van der Waals surface area contributed by atoms with Gasteiger partial charge in [0.15, 0.2) is 0 Å². The molecule has 3 rings (SSSR count). The molecule has 7 nitrogen and oxygen atoms in total. The van der Waals surface area contributed by atoms with Crippen molar-refractivity contribution < 1.29 is 14.4 Å². The fraction of sp³-hybridized carbons (Fsp3) is 0.143. The van der Waals surface area contributed by atoms with E-state index in [-0.39, 0.29) is 24.3 Å². The van der Waals surface area contributed by atoms with E-state index in [1.165, 1.54) is 23.3 Å². The molecule has 2 heterocycles. The van der Waals surface area contributed by atoms with Crippen LogP contribution in [-0.4, -0.2) is 41.2 Å². The van der Waals surface area contributed by atoms with Crippen LogP contribution in [0.15, 0.2) is 59.4 Å². The minimum atomic E-state index is -0.376. The monoisotopic (exact) mass is 408 g/mol. The van der Waals surface area contributed by atoms with Crippen LogP contribution < -0.4 is 10.6 Å². The zero-order valence-electron chi connectivity index (χ0n) is 16.0. The maximum absolute atomic E-state index is 12.9. The molecular weight excluding hydrogens is 388 g/mol.